The molecule has 0 aromatic rings. The van der Waals surface area contributed by atoms with Gasteiger partial charge in [0.25, 0.3) is 0 Å². The van der Waals surface area contributed by atoms with Gasteiger partial charge in [-0.3, -0.25) is 9.59 Å². The van der Waals surface area contributed by atoms with Crippen LogP contribution in [0.1, 0.15) is 78.1 Å². The van der Waals surface area contributed by atoms with Gasteiger partial charge in [-0.25, -0.2) is 0 Å². The second kappa shape index (κ2) is 25.6. The summed E-state index contributed by atoms with van der Waals surface area (Å²) in [7, 11) is 9.18. The monoisotopic (exact) mass is 575 g/mol. The minimum absolute atomic E-state index is 0.0497. The Hall–Kier alpha value is -1.10. The molecular formula is C31H65N3O6+2. The van der Waals surface area contributed by atoms with E-state index in [1.165, 1.54) is 51.6 Å². The molecule has 0 aliphatic carbocycles. The van der Waals surface area contributed by atoms with Crippen LogP contribution in [0.2, 0.25) is 0 Å². The van der Waals surface area contributed by atoms with Crippen LogP contribution in [0.5, 0.6) is 0 Å². The molecule has 0 bridgehead atoms. The molecule has 0 heterocycles. The Labute approximate surface area is 246 Å². The van der Waals surface area contributed by atoms with Gasteiger partial charge in [0, 0.05) is 32.6 Å². The van der Waals surface area contributed by atoms with Crippen molar-refractivity contribution in [3.8, 4) is 0 Å². The molecule has 0 aliphatic rings. The van der Waals surface area contributed by atoms with E-state index in [4.69, 9.17) is 18.9 Å². The van der Waals surface area contributed by atoms with E-state index in [0.717, 1.165) is 41.3 Å². The molecule has 1 N–H and O–H groups in total. The fraction of sp³-hybridized carbons (Fsp3) is 0.935. The lowest BCUT2D eigenvalue weighted by molar-refractivity contribution is -0.890. The first-order chi connectivity index (χ1) is 19.1. The fourth-order valence-electron chi connectivity index (χ4n) is 4.61. The molecule has 0 aliphatic heterocycles. The maximum atomic E-state index is 11.9. The van der Waals surface area contributed by atoms with Gasteiger partial charge >= 0.3 is 0 Å². The van der Waals surface area contributed by atoms with Gasteiger partial charge in [0.05, 0.1) is 80.8 Å². The summed E-state index contributed by atoms with van der Waals surface area (Å²) in [4.78, 5) is 23.7. The van der Waals surface area contributed by atoms with Gasteiger partial charge in [-0.2, -0.15) is 0 Å². The van der Waals surface area contributed by atoms with Crippen molar-refractivity contribution in [3.05, 3.63) is 0 Å². The van der Waals surface area contributed by atoms with E-state index in [-0.39, 0.29) is 24.9 Å². The number of nitrogens with one attached hydrogen (secondary N) is 1. The molecule has 9 nitrogen and oxygen atoms in total. The molecule has 0 spiro atoms. The number of unbranched alkanes of at least 4 members (excludes halogenated alkanes) is 6. The smallest absolute Gasteiger partial charge is 0.246 e. The molecule has 0 radical (unpaired) electrons. The van der Waals surface area contributed by atoms with Crippen LogP contribution in [-0.2, 0) is 28.5 Å². The third kappa shape index (κ3) is 27.1. The standard InChI is InChI=1S/C31H64N3O6/c1-7-37-24-26-39-28-30(35)18-13-16-22-33(3,4)20-14-11-9-10-12-15-21-34(5,6)23-17-19-32-31(36)29-40-27-25-38-8-2/h7-29H2,1-6H3/q+1/p+1. The van der Waals surface area contributed by atoms with Gasteiger partial charge in [-0.05, 0) is 52.4 Å². The summed E-state index contributed by atoms with van der Waals surface area (Å²) in [6.07, 6.45) is 11.4. The van der Waals surface area contributed by atoms with E-state index in [2.05, 4.69) is 33.5 Å². The third-order valence-corrected chi connectivity index (χ3v) is 7.16. The van der Waals surface area contributed by atoms with E-state index in [9.17, 15) is 9.59 Å². The first-order valence-electron chi connectivity index (χ1n) is 15.8. The van der Waals surface area contributed by atoms with E-state index < -0.39 is 0 Å². The zero-order valence-corrected chi connectivity index (χ0v) is 27.1. The summed E-state index contributed by atoms with van der Waals surface area (Å²) in [5, 5.41) is 2.95. The number of rotatable bonds is 30. The number of hydrogen-bond acceptors (Lipinski definition) is 6. The molecule has 1 amide bonds. The third-order valence-electron chi connectivity index (χ3n) is 7.16. The predicted molar refractivity (Wildman–Crippen MR) is 162 cm³/mol. The van der Waals surface area contributed by atoms with Crippen molar-refractivity contribution in [1.82, 2.24) is 5.32 Å². The Morgan fingerprint density at radius 1 is 0.550 bits per heavy atom. The first-order valence-corrected chi connectivity index (χ1v) is 15.8. The van der Waals surface area contributed by atoms with Crippen LogP contribution in [0.3, 0.4) is 0 Å². The number of amides is 1. The zero-order valence-electron chi connectivity index (χ0n) is 27.1. The molecule has 0 rings (SSSR count). The number of Topliss-reactive ketones (excluding diaryl/α,β-unsaturated/α-hetero) is 1. The minimum atomic E-state index is -0.0497. The largest absolute Gasteiger partial charge is 0.379 e. The van der Waals surface area contributed by atoms with Crippen LogP contribution >= 0.6 is 0 Å². The number of nitrogens with zero attached hydrogens (tertiary/aromatic N) is 2. The molecule has 0 fully saturated rings. The average Bonchev–Trinajstić information content (AvgIpc) is 2.90. The van der Waals surface area contributed by atoms with Crippen LogP contribution < -0.4 is 5.32 Å². The SMILES string of the molecule is CCOCCOCC(=O)CCCC[N+](C)(C)CCCCCCCC[N+](C)(C)CCCNC(=O)COCCOCC. The highest BCUT2D eigenvalue weighted by molar-refractivity contribution is 5.79. The number of carbonyl (C=O) groups excluding carboxylic acids is 2. The number of hydrogen-bond donors (Lipinski definition) is 1. The van der Waals surface area contributed by atoms with Crippen molar-refractivity contribution < 1.29 is 37.5 Å². The molecule has 0 aromatic heterocycles. The fourth-order valence-corrected chi connectivity index (χ4v) is 4.61. The van der Waals surface area contributed by atoms with E-state index in [1.54, 1.807) is 0 Å². The Kier molecular flexibility index (Phi) is 24.9. The van der Waals surface area contributed by atoms with Gasteiger partial charge < -0.3 is 33.2 Å². The van der Waals surface area contributed by atoms with Gasteiger partial charge in [0.15, 0.2) is 5.78 Å². The van der Waals surface area contributed by atoms with Crippen LogP contribution in [0, 0.1) is 0 Å². The number of ketones is 1. The summed E-state index contributed by atoms with van der Waals surface area (Å²) in [6, 6.07) is 0. The average molecular weight is 576 g/mol. The topological polar surface area (TPSA) is 83.1 Å². The van der Waals surface area contributed by atoms with Gasteiger partial charge in [0.2, 0.25) is 5.91 Å². The Bertz CT molecular complexity index is 564. The number of carbonyl (C=O) groups is 2. The molecule has 0 atom stereocenters. The van der Waals surface area contributed by atoms with Crippen molar-refractivity contribution >= 4 is 11.7 Å². The Morgan fingerprint density at radius 2 is 0.975 bits per heavy atom. The minimum Gasteiger partial charge on any atom is -0.379 e. The number of ether oxygens (including phenoxy) is 4. The van der Waals surface area contributed by atoms with Crippen molar-refractivity contribution in [2.24, 2.45) is 0 Å². The maximum absolute atomic E-state index is 11.9. The van der Waals surface area contributed by atoms with E-state index >= 15 is 0 Å². The molecule has 0 unspecified atom stereocenters. The summed E-state index contributed by atoms with van der Waals surface area (Å²) < 4.78 is 23.1. The van der Waals surface area contributed by atoms with Crippen LogP contribution in [0.4, 0.5) is 0 Å². The lowest BCUT2D eigenvalue weighted by Crippen LogP contribution is -2.42. The van der Waals surface area contributed by atoms with E-state index in [0.29, 0.717) is 52.6 Å². The summed E-state index contributed by atoms with van der Waals surface area (Å²) in [6.45, 7) is 12.9. The van der Waals surface area contributed by atoms with Gasteiger partial charge in [-0.15, -0.1) is 0 Å². The maximum Gasteiger partial charge on any atom is 0.246 e. The van der Waals surface area contributed by atoms with Crippen molar-refractivity contribution in [2.75, 3.05) is 114 Å². The van der Waals surface area contributed by atoms with Gasteiger partial charge in [0.1, 0.15) is 13.2 Å². The molecule has 0 saturated carbocycles. The van der Waals surface area contributed by atoms with Crippen molar-refractivity contribution in [2.45, 2.75) is 78.1 Å². The van der Waals surface area contributed by atoms with Crippen LogP contribution in [-0.4, -0.2) is 134 Å². The highest BCUT2D eigenvalue weighted by Crippen LogP contribution is 2.12. The Morgan fingerprint density at radius 3 is 1.50 bits per heavy atom. The molecule has 9 heteroatoms. The lowest BCUT2D eigenvalue weighted by Gasteiger charge is -2.30. The highest BCUT2D eigenvalue weighted by Gasteiger charge is 2.16. The second-order valence-electron chi connectivity index (χ2n) is 12.1. The van der Waals surface area contributed by atoms with Crippen LogP contribution in [0.15, 0.2) is 0 Å². The summed E-state index contributed by atoms with van der Waals surface area (Å²) >= 11 is 0. The normalized spacial score (nSPS) is 12.2. The molecule has 0 saturated heterocycles. The van der Waals surface area contributed by atoms with Crippen LogP contribution in [0.25, 0.3) is 0 Å². The van der Waals surface area contributed by atoms with Crippen molar-refractivity contribution in [1.29, 1.82) is 0 Å². The second-order valence-corrected chi connectivity index (χ2v) is 12.1. The molecule has 40 heavy (non-hydrogen) atoms. The zero-order chi connectivity index (χ0) is 30.0. The molecular weight excluding hydrogens is 510 g/mol. The summed E-state index contributed by atoms with van der Waals surface area (Å²) in [5.41, 5.74) is 0. The van der Waals surface area contributed by atoms with Gasteiger partial charge in [-0.1, -0.05) is 12.8 Å². The molecule has 238 valence electrons. The first kappa shape index (κ1) is 38.9. The predicted octanol–water partition coefficient (Wildman–Crippen LogP) is 3.83. The summed E-state index contributed by atoms with van der Waals surface area (Å²) in [5.74, 6) is 0.148. The van der Waals surface area contributed by atoms with Crippen molar-refractivity contribution in [3.63, 3.8) is 0 Å². The lowest BCUT2D eigenvalue weighted by atomic mass is 10.1. The molecule has 0 aromatic carbocycles. The van der Waals surface area contributed by atoms with E-state index in [1.807, 2.05) is 13.8 Å². The quantitative estimate of drug-likeness (QED) is 0.104. The highest BCUT2D eigenvalue weighted by atomic mass is 16.5. The number of quaternary nitrogens is 2. The Balaban J connectivity index is 3.65.